The molecule has 0 saturated carbocycles. The number of esters is 1. The summed E-state index contributed by atoms with van der Waals surface area (Å²) in [4.78, 5) is 27.5. The van der Waals surface area contributed by atoms with Crippen LogP contribution < -0.4 is 5.32 Å². The molecule has 0 bridgehead atoms. The Balaban J connectivity index is 2.25. The Hall–Kier alpha value is -2.76. The highest BCUT2D eigenvalue weighted by Gasteiger charge is 2.17. The van der Waals surface area contributed by atoms with E-state index in [9.17, 15) is 14.0 Å². The van der Waals surface area contributed by atoms with E-state index in [2.05, 4.69) is 15.0 Å². The summed E-state index contributed by atoms with van der Waals surface area (Å²) in [6.07, 6.45) is 2.66. The minimum absolute atomic E-state index is 0.0867. The molecule has 6 heteroatoms. The van der Waals surface area contributed by atoms with Crippen molar-refractivity contribution < 1.29 is 18.7 Å². The van der Waals surface area contributed by atoms with Gasteiger partial charge in [0.25, 0.3) is 5.91 Å². The Kier molecular flexibility index (Phi) is 4.05. The maximum absolute atomic E-state index is 12.8. The van der Waals surface area contributed by atoms with Gasteiger partial charge in [-0.3, -0.25) is 9.78 Å². The Morgan fingerprint density at radius 1 is 1.15 bits per heavy atom. The van der Waals surface area contributed by atoms with Crippen molar-refractivity contribution in [3.05, 3.63) is 59.7 Å². The molecule has 0 saturated heterocycles. The van der Waals surface area contributed by atoms with Crippen molar-refractivity contribution in [1.29, 1.82) is 0 Å². The summed E-state index contributed by atoms with van der Waals surface area (Å²) >= 11 is 0. The molecule has 0 atom stereocenters. The van der Waals surface area contributed by atoms with E-state index in [1.54, 1.807) is 0 Å². The zero-order chi connectivity index (χ0) is 14.5. The van der Waals surface area contributed by atoms with Gasteiger partial charge in [0.1, 0.15) is 5.82 Å². The number of methoxy groups -OCH3 is 1. The lowest BCUT2D eigenvalue weighted by atomic mass is 10.1. The van der Waals surface area contributed by atoms with Crippen LogP contribution in [0.1, 0.15) is 20.7 Å². The van der Waals surface area contributed by atoms with E-state index in [1.165, 1.54) is 49.8 Å². The number of nitrogens with one attached hydrogen (secondary N) is 1. The lowest BCUT2D eigenvalue weighted by Crippen LogP contribution is -2.17. The topological polar surface area (TPSA) is 68.3 Å². The fourth-order valence-corrected chi connectivity index (χ4v) is 1.60. The number of hydrogen-bond acceptors (Lipinski definition) is 4. The van der Waals surface area contributed by atoms with Crippen LogP contribution >= 0.6 is 0 Å². The summed E-state index contributed by atoms with van der Waals surface area (Å²) in [5, 5.41) is 2.55. The van der Waals surface area contributed by atoms with Crippen LogP contribution in [0, 0.1) is 5.82 Å². The zero-order valence-electron chi connectivity index (χ0n) is 10.6. The molecule has 0 radical (unpaired) electrons. The monoisotopic (exact) mass is 274 g/mol. The number of anilines is 1. The summed E-state index contributed by atoms with van der Waals surface area (Å²) in [6.45, 7) is 0. The second-order valence-electron chi connectivity index (χ2n) is 3.87. The van der Waals surface area contributed by atoms with Crippen LogP contribution in [0.5, 0.6) is 0 Å². The standard InChI is InChI=1S/C14H11FN2O3/c1-20-14(19)11-6-7-16-8-12(11)13(18)17-10-4-2-9(15)3-5-10/h2-8H,1H3,(H,17,18). The third-order valence-electron chi connectivity index (χ3n) is 2.57. The van der Waals surface area contributed by atoms with E-state index < -0.39 is 17.7 Å². The van der Waals surface area contributed by atoms with Gasteiger partial charge in [0.2, 0.25) is 0 Å². The molecule has 1 aromatic carbocycles. The van der Waals surface area contributed by atoms with Crippen LogP contribution in [0.3, 0.4) is 0 Å². The van der Waals surface area contributed by atoms with Gasteiger partial charge in [0.05, 0.1) is 18.2 Å². The van der Waals surface area contributed by atoms with E-state index in [4.69, 9.17) is 0 Å². The van der Waals surface area contributed by atoms with Gasteiger partial charge < -0.3 is 10.1 Å². The second-order valence-corrected chi connectivity index (χ2v) is 3.87. The van der Waals surface area contributed by atoms with Crippen LogP contribution in [0.25, 0.3) is 0 Å². The first-order valence-electron chi connectivity index (χ1n) is 5.71. The minimum Gasteiger partial charge on any atom is -0.465 e. The molecule has 0 aliphatic carbocycles. The highest BCUT2D eigenvalue weighted by Crippen LogP contribution is 2.13. The fourth-order valence-electron chi connectivity index (χ4n) is 1.60. The molecular formula is C14H11FN2O3. The molecule has 1 heterocycles. The van der Waals surface area contributed by atoms with Gasteiger partial charge in [0, 0.05) is 18.1 Å². The van der Waals surface area contributed by atoms with E-state index in [-0.39, 0.29) is 11.1 Å². The van der Waals surface area contributed by atoms with Crippen molar-refractivity contribution in [2.24, 2.45) is 0 Å². The normalized spacial score (nSPS) is 9.90. The van der Waals surface area contributed by atoms with Gasteiger partial charge in [0.15, 0.2) is 0 Å². The van der Waals surface area contributed by atoms with Crippen LogP contribution in [0.4, 0.5) is 10.1 Å². The number of ether oxygens (including phenoxy) is 1. The van der Waals surface area contributed by atoms with Crippen molar-refractivity contribution in [3.63, 3.8) is 0 Å². The molecule has 1 aromatic heterocycles. The number of carbonyl (C=O) groups excluding carboxylic acids is 2. The smallest absolute Gasteiger partial charge is 0.338 e. The van der Waals surface area contributed by atoms with E-state index in [1.807, 2.05) is 0 Å². The first-order valence-corrected chi connectivity index (χ1v) is 5.71. The maximum Gasteiger partial charge on any atom is 0.338 e. The van der Waals surface area contributed by atoms with Gasteiger partial charge in [-0.15, -0.1) is 0 Å². The molecule has 5 nitrogen and oxygen atoms in total. The third kappa shape index (κ3) is 2.97. The molecule has 2 aromatic rings. The number of rotatable bonds is 3. The van der Waals surface area contributed by atoms with Crippen LogP contribution in [-0.4, -0.2) is 24.0 Å². The molecule has 0 aliphatic heterocycles. The SMILES string of the molecule is COC(=O)c1ccncc1C(=O)Nc1ccc(F)cc1. The van der Waals surface area contributed by atoms with Crippen molar-refractivity contribution in [2.75, 3.05) is 12.4 Å². The number of amides is 1. The molecule has 0 spiro atoms. The number of hydrogen-bond donors (Lipinski definition) is 1. The molecule has 0 fully saturated rings. The quantitative estimate of drug-likeness (QED) is 0.872. The number of nitrogens with zero attached hydrogens (tertiary/aromatic N) is 1. The average molecular weight is 274 g/mol. The average Bonchev–Trinajstić information content (AvgIpc) is 2.48. The second kappa shape index (κ2) is 5.92. The molecule has 0 aliphatic rings. The highest BCUT2D eigenvalue weighted by molar-refractivity contribution is 6.10. The number of halogens is 1. The van der Waals surface area contributed by atoms with Crippen LogP contribution in [-0.2, 0) is 4.74 Å². The van der Waals surface area contributed by atoms with Gasteiger partial charge in [-0.25, -0.2) is 9.18 Å². The summed E-state index contributed by atoms with van der Waals surface area (Å²) < 4.78 is 17.4. The lowest BCUT2D eigenvalue weighted by molar-refractivity contribution is 0.0597. The van der Waals surface area contributed by atoms with Crippen LogP contribution in [0.15, 0.2) is 42.7 Å². The van der Waals surface area contributed by atoms with E-state index in [0.29, 0.717) is 5.69 Å². The summed E-state index contributed by atoms with van der Waals surface area (Å²) in [5.74, 6) is -1.55. The highest BCUT2D eigenvalue weighted by atomic mass is 19.1. The molecule has 102 valence electrons. The van der Waals surface area contributed by atoms with Crippen LogP contribution in [0.2, 0.25) is 0 Å². The van der Waals surface area contributed by atoms with Gasteiger partial charge in [-0.05, 0) is 30.3 Å². The molecule has 20 heavy (non-hydrogen) atoms. The Morgan fingerprint density at radius 2 is 1.85 bits per heavy atom. The number of carbonyl (C=O) groups is 2. The predicted molar refractivity (Wildman–Crippen MR) is 69.9 cm³/mol. The molecular weight excluding hydrogens is 263 g/mol. The molecule has 1 N–H and O–H groups in total. The summed E-state index contributed by atoms with van der Waals surface area (Å²) in [6, 6.07) is 6.67. The van der Waals surface area contributed by atoms with Gasteiger partial charge in [-0.1, -0.05) is 0 Å². The fraction of sp³-hybridized carbons (Fsp3) is 0.0714. The largest absolute Gasteiger partial charge is 0.465 e. The third-order valence-corrected chi connectivity index (χ3v) is 2.57. The van der Waals surface area contributed by atoms with Crippen molar-refractivity contribution in [1.82, 2.24) is 4.98 Å². The van der Waals surface area contributed by atoms with Crippen molar-refractivity contribution in [2.45, 2.75) is 0 Å². The Labute approximate surface area is 114 Å². The first-order chi connectivity index (χ1) is 9.61. The zero-order valence-corrected chi connectivity index (χ0v) is 10.6. The minimum atomic E-state index is -0.628. The molecule has 1 amide bonds. The lowest BCUT2D eigenvalue weighted by Gasteiger charge is -2.08. The number of aromatic nitrogens is 1. The van der Waals surface area contributed by atoms with Crippen molar-refractivity contribution >= 4 is 17.6 Å². The van der Waals surface area contributed by atoms with E-state index >= 15 is 0 Å². The van der Waals surface area contributed by atoms with Crippen molar-refractivity contribution in [3.8, 4) is 0 Å². The number of pyridine rings is 1. The predicted octanol–water partition coefficient (Wildman–Crippen LogP) is 2.26. The Morgan fingerprint density at radius 3 is 2.50 bits per heavy atom. The Bertz CT molecular complexity index is 641. The number of benzene rings is 1. The van der Waals surface area contributed by atoms with E-state index in [0.717, 1.165) is 0 Å². The first kappa shape index (κ1) is 13.7. The summed E-state index contributed by atoms with van der Waals surface area (Å²) in [7, 11) is 1.23. The van der Waals surface area contributed by atoms with Gasteiger partial charge >= 0.3 is 5.97 Å². The van der Waals surface area contributed by atoms with Gasteiger partial charge in [-0.2, -0.15) is 0 Å². The molecule has 0 unspecified atom stereocenters. The maximum atomic E-state index is 12.8. The molecule has 2 rings (SSSR count). The summed E-state index contributed by atoms with van der Waals surface area (Å²) in [5.41, 5.74) is 0.613.